The molecule has 3 rings (SSSR count). The van der Waals surface area contributed by atoms with E-state index in [2.05, 4.69) is 36.8 Å². The minimum Gasteiger partial charge on any atom is -0.360 e. The zero-order chi connectivity index (χ0) is 14.3. The molecule has 0 fully saturated rings. The van der Waals surface area contributed by atoms with Crippen LogP contribution in [0.15, 0.2) is 51.5 Å². The lowest BCUT2D eigenvalue weighted by molar-refractivity contribution is 0.103. The van der Waals surface area contributed by atoms with Crippen molar-refractivity contribution >= 4 is 48.5 Å². The normalized spacial score (nSPS) is 10.9. The van der Waals surface area contributed by atoms with Crippen LogP contribution in [0.2, 0.25) is 0 Å². The first-order chi connectivity index (χ1) is 9.59. The molecule has 1 aromatic heterocycles. The summed E-state index contributed by atoms with van der Waals surface area (Å²) < 4.78 is 1.87. The lowest BCUT2D eigenvalue weighted by Crippen LogP contribution is -2.03. The van der Waals surface area contributed by atoms with Crippen molar-refractivity contribution in [3.8, 4) is 0 Å². The average molecular weight is 393 g/mol. The van der Waals surface area contributed by atoms with Gasteiger partial charge in [-0.25, -0.2) is 0 Å². The topological polar surface area (TPSA) is 32.9 Å². The molecule has 3 aromatic rings. The van der Waals surface area contributed by atoms with E-state index in [1.807, 2.05) is 43.3 Å². The first kappa shape index (κ1) is 13.6. The minimum atomic E-state index is 0.0296. The van der Waals surface area contributed by atoms with Crippen molar-refractivity contribution in [2.45, 2.75) is 6.92 Å². The van der Waals surface area contributed by atoms with Crippen molar-refractivity contribution in [2.75, 3.05) is 0 Å². The van der Waals surface area contributed by atoms with Crippen LogP contribution in [-0.2, 0) is 0 Å². The second-order valence-corrected chi connectivity index (χ2v) is 6.31. The van der Waals surface area contributed by atoms with Crippen molar-refractivity contribution in [2.24, 2.45) is 0 Å². The molecule has 4 heteroatoms. The predicted octanol–water partition coefficient (Wildman–Crippen LogP) is 5.23. The Hall–Kier alpha value is -1.39. The van der Waals surface area contributed by atoms with Crippen LogP contribution < -0.4 is 0 Å². The molecule has 0 aliphatic heterocycles. The fourth-order valence-corrected chi connectivity index (χ4v) is 3.26. The Morgan fingerprint density at radius 2 is 1.70 bits per heavy atom. The molecule has 1 heterocycles. The molecule has 0 amide bonds. The number of carbonyl (C=O) groups is 1. The summed E-state index contributed by atoms with van der Waals surface area (Å²) in [6.07, 6.45) is 1.78. The van der Waals surface area contributed by atoms with Crippen LogP contribution >= 0.6 is 31.9 Å². The molecule has 2 aromatic carbocycles. The molecule has 0 saturated heterocycles. The highest BCUT2D eigenvalue weighted by atomic mass is 79.9. The molecule has 2 nitrogen and oxygen atoms in total. The Bertz CT molecular complexity index is 820. The maximum Gasteiger partial charge on any atom is 0.195 e. The van der Waals surface area contributed by atoms with Gasteiger partial charge in [0.15, 0.2) is 5.78 Å². The molecule has 1 N–H and O–H groups in total. The maximum absolute atomic E-state index is 12.8. The third-order valence-corrected chi connectivity index (χ3v) is 4.93. The van der Waals surface area contributed by atoms with Crippen molar-refractivity contribution in [3.63, 3.8) is 0 Å². The van der Waals surface area contributed by atoms with Gasteiger partial charge in [-0.2, -0.15) is 0 Å². The summed E-state index contributed by atoms with van der Waals surface area (Å²) in [5.74, 6) is 0.0296. The van der Waals surface area contributed by atoms with Gasteiger partial charge in [0.05, 0.1) is 0 Å². The van der Waals surface area contributed by atoms with E-state index in [1.165, 1.54) is 0 Å². The summed E-state index contributed by atoms with van der Waals surface area (Å²) in [6, 6.07) is 11.5. The molecule has 20 heavy (non-hydrogen) atoms. The monoisotopic (exact) mass is 391 g/mol. The number of ketones is 1. The van der Waals surface area contributed by atoms with Gasteiger partial charge >= 0.3 is 0 Å². The van der Waals surface area contributed by atoms with E-state index in [1.54, 1.807) is 6.20 Å². The number of hydrogen-bond acceptors (Lipinski definition) is 1. The molecular formula is C16H11Br2NO. The van der Waals surface area contributed by atoms with Crippen LogP contribution in [0, 0.1) is 6.92 Å². The number of carbonyl (C=O) groups excluding carboxylic acids is 1. The molecule has 0 aliphatic rings. The smallest absolute Gasteiger partial charge is 0.195 e. The number of fused-ring (bicyclic) bond motifs is 1. The molecule has 0 spiro atoms. The van der Waals surface area contributed by atoms with E-state index < -0.39 is 0 Å². The zero-order valence-electron chi connectivity index (χ0n) is 10.7. The van der Waals surface area contributed by atoms with Crippen LogP contribution in [0.5, 0.6) is 0 Å². The molecule has 100 valence electrons. The first-order valence-electron chi connectivity index (χ1n) is 6.15. The number of aromatic amines is 1. The van der Waals surface area contributed by atoms with E-state index in [9.17, 15) is 4.79 Å². The summed E-state index contributed by atoms with van der Waals surface area (Å²) in [7, 11) is 0. The van der Waals surface area contributed by atoms with Gasteiger partial charge < -0.3 is 4.98 Å². The van der Waals surface area contributed by atoms with Crippen molar-refractivity contribution < 1.29 is 4.79 Å². The van der Waals surface area contributed by atoms with Crippen LogP contribution in [-0.4, -0.2) is 10.8 Å². The van der Waals surface area contributed by atoms with E-state index >= 15 is 0 Å². The third-order valence-electron chi connectivity index (χ3n) is 3.41. The minimum absolute atomic E-state index is 0.0296. The van der Waals surface area contributed by atoms with Gasteiger partial charge in [0.25, 0.3) is 0 Å². The predicted molar refractivity (Wildman–Crippen MR) is 88.3 cm³/mol. The second kappa shape index (κ2) is 5.19. The highest BCUT2D eigenvalue weighted by Crippen LogP contribution is 2.30. The summed E-state index contributed by atoms with van der Waals surface area (Å²) >= 11 is 6.99. The molecule has 0 unspecified atom stereocenters. The number of nitrogens with one attached hydrogen (secondary N) is 1. The Kier molecular flexibility index (Phi) is 3.52. The Morgan fingerprint density at radius 3 is 2.50 bits per heavy atom. The Labute approximate surface area is 133 Å². The van der Waals surface area contributed by atoms with Crippen LogP contribution in [0.1, 0.15) is 21.5 Å². The van der Waals surface area contributed by atoms with Gasteiger partial charge in [0.2, 0.25) is 0 Å². The third kappa shape index (κ3) is 2.13. The SMILES string of the molecule is Cc1c(Br)cccc1C(=O)c1c[nH]c2cccc(Br)c12. The fourth-order valence-electron chi connectivity index (χ4n) is 2.32. The second-order valence-electron chi connectivity index (χ2n) is 4.61. The van der Waals surface area contributed by atoms with Crippen molar-refractivity contribution in [3.05, 3.63) is 68.2 Å². The lowest BCUT2D eigenvalue weighted by Gasteiger charge is -2.06. The number of H-pyrrole nitrogens is 1. The number of hydrogen-bond donors (Lipinski definition) is 1. The number of rotatable bonds is 2. The van der Waals surface area contributed by atoms with Gasteiger partial charge in [-0.3, -0.25) is 4.79 Å². The molecule has 0 atom stereocenters. The summed E-state index contributed by atoms with van der Waals surface area (Å²) in [4.78, 5) is 15.9. The van der Waals surface area contributed by atoms with E-state index in [0.29, 0.717) is 5.56 Å². The van der Waals surface area contributed by atoms with Crippen LogP contribution in [0.3, 0.4) is 0 Å². The van der Waals surface area contributed by atoms with E-state index in [0.717, 1.165) is 31.0 Å². The summed E-state index contributed by atoms with van der Waals surface area (Å²) in [5, 5.41) is 0.928. The van der Waals surface area contributed by atoms with Gasteiger partial charge in [-0.15, -0.1) is 0 Å². The van der Waals surface area contributed by atoms with Crippen molar-refractivity contribution in [1.29, 1.82) is 0 Å². The average Bonchev–Trinajstić information content (AvgIpc) is 2.86. The number of benzene rings is 2. The highest BCUT2D eigenvalue weighted by Gasteiger charge is 2.18. The van der Waals surface area contributed by atoms with Gasteiger partial charge in [-0.05, 0) is 30.7 Å². The fraction of sp³-hybridized carbons (Fsp3) is 0.0625. The standard InChI is InChI=1S/C16H11Br2NO/c1-9-10(4-2-5-12(9)17)16(20)11-8-19-14-7-3-6-13(18)15(11)14/h2-8,19H,1H3. The molecule has 0 radical (unpaired) electrons. The number of halogens is 2. The molecule has 0 bridgehead atoms. The summed E-state index contributed by atoms with van der Waals surface area (Å²) in [6.45, 7) is 1.95. The van der Waals surface area contributed by atoms with Gasteiger partial charge in [0.1, 0.15) is 0 Å². The largest absolute Gasteiger partial charge is 0.360 e. The van der Waals surface area contributed by atoms with Gasteiger partial charge in [0, 0.05) is 37.2 Å². The molecular weight excluding hydrogens is 382 g/mol. The molecule has 0 aliphatic carbocycles. The summed E-state index contributed by atoms with van der Waals surface area (Å²) in [5.41, 5.74) is 3.32. The van der Waals surface area contributed by atoms with Crippen LogP contribution in [0.25, 0.3) is 10.9 Å². The van der Waals surface area contributed by atoms with E-state index in [-0.39, 0.29) is 5.78 Å². The Balaban J connectivity index is 2.21. The van der Waals surface area contributed by atoms with Gasteiger partial charge in [-0.1, -0.05) is 50.1 Å². The van der Waals surface area contributed by atoms with Crippen LogP contribution in [0.4, 0.5) is 0 Å². The van der Waals surface area contributed by atoms with E-state index in [4.69, 9.17) is 0 Å². The Morgan fingerprint density at radius 1 is 1.00 bits per heavy atom. The number of aromatic nitrogens is 1. The quantitative estimate of drug-likeness (QED) is 0.595. The first-order valence-corrected chi connectivity index (χ1v) is 7.73. The lowest BCUT2D eigenvalue weighted by atomic mass is 9.99. The molecule has 0 saturated carbocycles. The maximum atomic E-state index is 12.8. The zero-order valence-corrected chi connectivity index (χ0v) is 13.9. The van der Waals surface area contributed by atoms with Crippen molar-refractivity contribution in [1.82, 2.24) is 4.98 Å². The highest BCUT2D eigenvalue weighted by molar-refractivity contribution is 9.11.